The minimum absolute atomic E-state index is 0.0494. The van der Waals surface area contributed by atoms with E-state index in [2.05, 4.69) is 0 Å². The molecule has 0 aromatic carbocycles. The second kappa shape index (κ2) is 6.61. The molecule has 1 rings (SSSR count). The Kier molecular flexibility index (Phi) is 5.62. The molecule has 1 aliphatic heterocycles. The van der Waals surface area contributed by atoms with E-state index in [1.54, 1.807) is 6.92 Å². The maximum Gasteiger partial charge on any atom is 0.326 e. The van der Waals surface area contributed by atoms with Crippen molar-refractivity contribution in [3.8, 4) is 0 Å². The Hall–Kier alpha value is -1.04. The van der Waals surface area contributed by atoms with E-state index in [0.29, 0.717) is 18.7 Å². The predicted molar refractivity (Wildman–Crippen MR) is 78.5 cm³/mol. The number of carbonyl (C=O) groups is 3. The summed E-state index contributed by atoms with van der Waals surface area (Å²) in [5.74, 6) is -1.05. The van der Waals surface area contributed by atoms with Gasteiger partial charge in [0.05, 0.1) is 0 Å². The van der Waals surface area contributed by atoms with Gasteiger partial charge in [-0.1, -0.05) is 39.5 Å². The SMILES string of the molecule is C[C@@H](CSC(=O)C(C)(C)C)C(=O)N1CCC[C@H]1C(=O)O. The van der Waals surface area contributed by atoms with Gasteiger partial charge in [-0.3, -0.25) is 9.59 Å². The number of carboxylic acids is 1. The van der Waals surface area contributed by atoms with E-state index in [0.717, 1.165) is 18.2 Å². The highest BCUT2D eigenvalue weighted by Gasteiger charge is 2.36. The Bertz CT molecular complexity index is 402. The molecule has 2 atom stereocenters. The Morgan fingerprint density at radius 1 is 1.35 bits per heavy atom. The highest BCUT2D eigenvalue weighted by atomic mass is 32.2. The summed E-state index contributed by atoms with van der Waals surface area (Å²) in [7, 11) is 0. The molecule has 0 spiro atoms. The van der Waals surface area contributed by atoms with E-state index in [9.17, 15) is 14.4 Å². The van der Waals surface area contributed by atoms with E-state index in [1.807, 2.05) is 20.8 Å². The fraction of sp³-hybridized carbons (Fsp3) is 0.786. The number of carbonyl (C=O) groups excluding carboxylic acids is 2. The molecule has 0 aliphatic carbocycles. The number of hydrogen-bond acceptors (Lipinski definition) is 4. The lowest BCUT2D eigenvalue weighted by Gasteiger charge is -2.25. The van der Waals surface area contributed by atoms with Crippen LogP contribution in [-0.4, -0.2) is 45.3 Å². The van der Waals surface area contributed by atoms with Gasteiger partial charge in [-0.2, -0.15) is 0 Å². The number of rotatable bonds is 4. The van der Waals surface area contributed by atoms with Crippen LogP contribution < -0.4 is 0 Å². The van der Waals surface area contributed by atoms with Crippen LogP contribution in [0, 0.1) is 11.3 Å². The number of aliphatic carboxylic acids is 1. The van der Waals surface area contributed by atoms with Crippen LogP contribution in [0.4, 0.5) is 0 Å². The normalized spacial score (nSPS) is 20.8. The topological polar surface area (TPSA) is 74.7 Å². The van der Waals surface area contributed by atoms with Crippen LogP contribution >= 0.6 is 11.8 Å². The molecule has 0 aromatic rings. The average Bonchev–Trinajstić information content (AvgIpc) is 2.82. The highest BCUT2D eigenvalue weighted by molar-refractivity contribution is 8.13. The fourth-order valence-corrected chi connectivity index (χ4v) is 3.04. The minimum Gasteiger partial charge on any atom is -0.480 e. The van der Waals surface area contributed by atoms with Crippen molar-refractivity contribution in [2.45, 2.75) is 46.6 Å². The molecule has 0 saturated carbocycles. The largest absolute Gasteiger partial charge is 0.480 e. The van der Waals surface area contributed by atoms with E-state index in [4.69, 9.17) is 5.11 Å². The summed E-state index contributed by atoms with van der Waals surface area (Å²) in [6.45, 7) is 7.78. The van der Waals surface area contributed by atoms with Gasteiger partial charge in [-0.25, -0.2) is 4.79 Å². The smallest absolute Gasteiger partial charge is 0.326 e. The average molecular weight is 301 g/mol. The molecule has 1 fully saturated rings. The van der Waals surface area contributed by atoms with Crippen molar-refractivity contribution < 1.29 is 19.5 Å². The van der Waals surface area contributed by atoms with Gasteiger partial charge >= 0.3 is 5.97 Å². The van der Waals surface area contributed by atoms with Gasteiger partial charge in [-0.05, 0) is 12.8 Å². The van der Waals surface area contributed by atoms with Crippen LogP contribution in [0.1, 0.15) is 40.5 Å². The van der Waals surface area contributed by atoms with Crippen LogP contribution in [0.15, 0.2) is 0 Å². The fourth-order valence-electron chi connectivity index (χ4n) is 2.06. The molecule has 0 bridgehead atoms. The Labute approximate surface area is 124 Å². The minimum atomic E-state index is -0.943. The summed E-state index contributed by atoms with van der Waals surface area (Å²) >= 11 is 1.15. The van der Waals surface area contributed by atoms with Crippen LogP contribution in [0.2, 0.25) is 0 Å². The van der Waals surface area contributed by atoms with Crippen molar-refractivity contribution in [2.24, 2.45) is 11.3 Å². The first kappa shape index (κ1) is 17.0. The molecular formula is C14H23NO4S. The summed E-state index contributed by atoms with van der Waals surface area (Å²) in [5.41, 5.74) is -0.426. The molecule has 20 heavy (non-hydrogen) atoms. The molecular weight excluding hydrogens is 278 g/mol. The summed E-state index contributed by atoms with van der Waals surface area (Å²) < 4.78 is 0. The Balaban J connectivity index is 2.55. The third-order valence-electron chi connectivity index (χ3n) is 3.32. The van der Waals surface area contributed by atoms with Crippen LogP contribution in [0.5, 0.6) is 0 Å². The molecule has 0 unspecified atom stereocenters. The van der Waals surface area contributed by atoms with Gasteiger partial charge in [0.2, 0.25) is 5.91 Å². The van der Waals surface area contributed by atoms with Crippen molar-refractivity contribution in [3.63, 3.8) is 0 Å². The van der Waals surface area contributed by atoms with Crippen molar-refractivity contribution in [1.82, 2.24) is 4.90 Å². The first-order chi connectivity index (χ1) is 9.14. The van der Waals surface area contributed by atoms with Gasteiger partial charge in [-0.15, -0.1) is 0 Å². The van der Waals surface area contributed by atoms with Gasteiger partial charge in [0.1, 0.15) is 6.04 Å². The molecule has 6 heteroatoms. The summed E-state index contributed by atoms with van der Waals surface area (Å²) in [6.07, 6.45) is 1.24. The number of thioether (sulfide) groups is 1. The molecule has 1 N–H and O–H groups in total. The van der Waals surface area contributed by atoms with Crippen molar-refractivity contribution in [1.29, 1.82) is 0 Å². The molecule has 114 valence electrons. The lowest BCUT2D eigenvalue weighted by Crippen LogP contribution is -2.43. The zero-order chi connectivity index (χ0) is 15.5. The molecule has 5 nitrogen and oxygen atoms in total. The lowest BCUT2D eigenvalue weighted by molar-refractivity contribution is -0.149. The van der Waals surface area contributed by atoms with E-state index < -0.39 is 17.4 Å². The van der Waals surface area contributed by atoms with E-state index >= 15 is 0 Å². The van der Waals surface area contributed by atoms with Gasteiger partial charge in [0, 0.05) is 23.6 Å². The first-order valence-electron chi connectivity index (χ1n) is 6.85. The monoisotopic (exact) mass is 301 g/mol. The van der Waals surface area contributed by atoms with Gasteiger partial charge < -0.3 is 10.0 Å². The quantitative estimate of drug-likeness (QED) is 0.859. The Morgan fingerprint density at radius 2 is 1.95 bits per heavy atom. The Morgan fingerprint density at radius 3 is 2.45 bits per heavy atom. The van der Waals surface area contributed by atoms with Crippen molar-refractivity contribution >= 4 is 28.8 Å². The molecule has 1 heterocycles. The number of nitrogens with zero attached hydrogens (tertiary/aromatic N) is 1. The van der Waals surface area contributed by atoms with E-state index in [-0.39, 0.29) is 16.9 Å². The third kappa shape index (κ3) is 4.23. The molecule has 0 radical (unpaired) electrons. The van der Waals surface area contributed by atoms with Gasteiger partial charge in [0.15, 0.2) is 5.12 Å². The highest BCUT2D eigenvalue weighted by Crippen LogP contribution is 2.26. The maximum absolute atomic E-state index is 12.3. The first-order valence-corrected chi connectivity index (χ1v) is 7.83. The van der Waals surface area contributed by atoms with Crippen LogP contribution in [-0.2, 0) is 14.4 Å². The number of likely N-dealkylation sites (tertiary alicyclic amines) is 1. The second-order valence-corrected chi connectivity index (χ2v) is 7.27. The summed E-state index contributed by atoms with van der Waals surface area (Å²) in [5, 5.41) is 9.14. The standard InChI is InChI=1S/C14H23NO4S/c1-9(8-20-13(19)14(2,3)4)11(16)15-7-5-6-10(15)12(17)18/h9-10H,5-8H2,1-4H3,(H,17,18)/t9-,10-/m0/s1. The zero-order valence-electron chi connectivity index (χ0n) is 12.5. The molecule has 1 amide bonds. The molecule has 0 aromatic heterocycles. The van der Waals surface area contributed by atoms with E-state index in [1.165, 1.54) is 4.90 Å². The number of carboxylic acid groups (broad SMARTS) is 1. The third-order valence-corrected chi connectivity index (χ3v) is 4.86. The van der Waals surface area contributed by atoms with Crippen molar-refractivity contribution in [2.75, 3.05) is 12.3 Å². The number of amides is 1. The van der Waals surface area contributed by atoms with Crippen molar-refractivity contribution in [3.05, 3.63) is 0 Å². The predicted octanol–water partition coefficient (Wildman–Crippen LogP) is 2.00. The lowest BCUT2D eigenvalue weighted by atomic mass is 10.00. The van der Waals surface area contributed by atoms with Crippen LogP contribution in [0.25, 0.3) is 0 Å². The zero-order valence-corrected chi connectivity index (χ0v) is 13.3. The molecule has 1 aliphatic rings. The van der Waals surface area contributed by atoms with Gasteiger partial charge in [0.25, 0.3) is 0 Å². The molecule has 1 saturated heterocycles. The summed E-state index contributed by atoms with van der Waals surface area (Å²) in [6, 6.07) is -0.701. The summed E-state index contributed by atoms with van der Waals surface area (Å²) in [4.78, 5) is 36.6. The van der Waals surface area contributed by atoms with Crippen LogP contribution in [0.3, 0.4) is 0 Å². The number of hydrogen-bond donors (Lipinski definition) is 1. The second-order valence-electron chi connectivity index (χ2n) is 6.28. The maximum atomic E-state index is 12.3.